The fourth-order valence-corrected chi connectivity index (χ4v) is 4.17. The lowest BCUT2D eigenvalue weighted by Crippen LogP contribution is -2.33. The molecule has 1 aliphatic carbocycles. The molecule has 4 nitrogen and oxygen atoms in total. The second-order valence-electron chi connectivity index (χ2n) is 6.76. The minimum Gasteiger partial charge on any atom is -0.469 e. The summed E-state index contributed by atoms with van der Waals surface area (Å²) in [6.07, 6.45) is 5.70. The normalized spacial score (nSPS) is 25.6. The first-order chi connectivity index (χ1) is 11.2. The molecule has 1 aromatic carbocycles. The van der Waals surface area contributed by atoms with Gasteiger partial charge in [-0.1, -0.05) is 49.6 Å². The lowest BCUT2D eigenvalue weighted by atomic mass is 9.75. The predicted octanol–water partition coefficient (Wildman–Crippen LogP) is 3.01. The molecular weight excluding hydrogens is 290 g/mol. The van der Waals surface area contributed by atoms with Gasteiger partial charge in [0.25, 0.3) is 0 Å². The third-order valence-electron chi connectivity index (χ3n) is 5.33. The molecule has 2 atom stereocenters. The van der Waals surface area contributed by atoms with Gasteiger partial charge in [-0.05, 0) is 24.3 Å². The summed E-state index contributed by atoms with van der Waals surface area (Å²) in [5.74, 6) is -0.257. The predicted molar refractivity (Wildman–Crippen MR) is 87.4 cm³/mol. The first-order valence-electron chi connectivity index (χ1n) is 8.61. The first kappa shape index (κ1) is 16.0. The highest BCUT2D eigenvalue weighted by atomic mass is 16.5. The number of amides is 1. The lowest BCUT2D eigenvalue weighted by Gasteiger charge is -2.28. The summed E-state index contributed by atoms with van der Waals surface area (Å²) in [4.78, 5) is 27.0. The van der Waals surface area contributed by atoms with Crippen molar-refractivity contribution in [3.05, 3.63) is 35.9 Å². The van der Waals surface area contributed by atoms with E-state index in [0.717, 1.165) is 18.4 Å². The summed E-state index contributed by atoms with van der Waals surface area (Å²) in [5.41, 5.74) is 1.11. The quantitative estimate of drug-likeness (QED) is 0.802. The van der Waals surface area contributed by atoms with Crippen LogP contribution < -0.4 is 0 Å². The highest BCUT2D eigenvalue weighted by Crippen LogP contribution is 2.40. The fourth-order valence-electron chi connectivity index (χ4n) is 4.17. The van der Waals surface area contributed by atoms with Crippen LogP contribution in [0.1, 0.15) is 37.7 Å². The summed E-state index contributed by atoms with van der Waals surface area (Å²) in [7, 11) is 1.42. The Balaban J connectivity index is 1.78. The molecule has 0 radical (unpaired) electrons. The zero-order valence-electron chi connectivity index (χ0n) is 13.7. The molecule has 1 saturated carbocycles. The minimum atomic E-state index is -0.306. The van der Waals surface area contributed by atoms with Crippen LogP contribution in [0.4, 0.5) is 0 Å². The van der Waals surface area contributed by atoms with E-state index in [2.05, 4.69) is 0 Å². The molecular formula is C19H25NO3. The summed E-state index contributed by atoms with van der Waals surface area (Å²) >= 11 is 0. The number of rotatable bonds is 4. The van der Waals surface area contributed by atoms with Crippen LogP contribution in [-0.4, -0.2) is 30.4 Å². The Hall–Kier alpha value is -1.84. The van der Waals surface area contributed by atoms with Crippen molar-refractivity contribution >= 4 is 11.9 Å². The topological polar surface area (TPSA) is 46.6 Å². The van der Waals surface area contributed by atoms with E-state index in [1.54, 1.807) is 0 Å². The maximum absolute atomic E-state index is 13.0. The molecule has 1 heterocycles. The molecule has 0 unspecified atom stereocenters. The van der Waals surface area contributed by atoms with Crippen molar-refractivity contribution in [2.45, 2.75) is 38.6 Å². The molecule has 0 spiro atoms. The largest absolute Gasteiger partial charge is 0.469 e. The lowest BCUT2D eigenvalue weighted by molar-refractivity contribution is -0.148. The molecule has 0 N–H and O–H groups in total. The van der Waals surface area contributed by atoms with Crippen molar-refractivity contribution in [2.24, 2.45) is 17.8 Å². The number of carbonyl (C=O) groups is 2. The van der Waals surface area contributed by atoms with Crippen LogP contribution in [0.2, 0.25) is 0 Å². The summed E-state index contributed by atoms with van der Waals surface area (Å²) < 4.78 is 4.98. The van der Waals surface area contributed by atoms with E-state index >= 15 is 0 Å². The van der Waals surface area contributed by atoms with E-state index in [0.29, 0.717) is 19.0 Å². The van der Waals surface area contributed by atoms with Crippen molar-refractivity contribution in [1.29, 1.82) is 0 Å². The van der Waals surface area contributed by atoms with Crippen molar-refractivity contribution in [2.75, 3.05) is 13.7 Å². The van der Waals surface area contributed by atoms with E-state index in [-0.39, 0.29) is 23.7 Å². The number of methoxy groups -OCH3 is 1. The second-order valence-corrected chi connectivity index (χ2v) is 6.76. The number of carbonyl (C=O) groups excluding carboxylic acids is 2. The maximum atomic E-state index is 13.0. The first-order valence-corrected chi connectivity index (χ1v) is 8.61. The molecule has 1 aliphatic heterocycles. The molecule has 2 aliphatic rings. The van der Waals surface area contributed by atoms with Gasteiger partial charge in [-0.25, -0.2) is 0 Å². The van der Waals surface area contributed by atoms with E-state index < -0.39 is 0 Å². The Morgan fingerprint density at radius 3 is 2.52 bits per heavy atom. The van der Waals surface area contributed by atoms with Crippen LogP contribution in [0, 0.1) is 17.8 Å². The molecule has 0 bridgehead atoms. The molecule has 2 fully saturated rings. The second kappa shape index (κ2) is 7.16. The molecule has 1 amide bonds. The smallest absolute Gasteiger partial charge is 0.311 e. The van der Waals surface area contributed by atoms with Gasteiger partial charge in [0.15, 0.2) is 0 Å². The maximum Gasteiger partial charge on any atom is 0.311 e. The highest BCUT2D eigenvalue weighted by molar-refractivity contribution is 5.89. The molecule has 3 rings (SSSR count). The number of hydrogen-bond acceptors (Lipinski definition) is 3. The van der Waals surface area contributed by atoms with Crippen molar-refractivity contribution in [1.82, 2.24) is 4.90 Å². The number of likely N-dealkylation sites (tertiary alicyclic amines) is 1. The number of nitrogens with zero attached hydrogens (tertiary/aromatic N) is 1. The Morgan fingerprint density at radius 2 is 1.87 bits per heavy atom. The zero-order chi connectivity index (χ0) is 16.2. The zero-order valence-corrected chi connectivity index (χ0v) is 13.7. The third kappa shape index (κ3) is 3.41. The Bertz CT molecular complexity index is 551. The van der Waals surface area contributed by atoms with Crippen molar-refractivity contribution in [3.8, 4) is 0 Å². The highest BCUT2D eigenvalue weighted by Gasteiger charge is 2.48. The van der Waals surface area contributed by atoms with Gasteiger partial charge in [0.1, 0.15) is 0 Å². The molecule has 124 valence electrons. The number of benzene rings is 1. The van der Waals surface area contributed by atoms with Crippen molar-refractivity contribution < 1.29 is 14.3 Å². The summed E-state index contributed by atoms with van der Waals surface area (Å²) in [6.45, 7) is 1.07. The van der Waals surface area contributed by atoms with Gasteiger partial charge in [-0.15, -0.1) is 0 Å². The fraction of sp³-hybridized carbons (Fsp3) is 0.579. The molecule has 23 heavy (non-hydrogen) atoms. The van der Waals surface area contributed by atoms with Gasteiger partial charge in [0.05, 0.1) is 18.9 Å². The van der Waals surface area contributed by atoms with Crippen molar-refractivity contribution in [3.63, 3.8) is 0 Å². The standard InChI is InChI=1S/C19H25NO3/c1-23-19(22)16-13-20(12-14-8-4-2-5-9-14)18(21)17(16)15-10-6-3-7-11-15/h2,4-5,8-9,15-17H,3,6-7,10-13H2,1H3/t16-,17+/m1/s1. The van der Waals surface area contributed by atoms with Gasteiger partial charge >= 0.3 is 5.97 Å². The monoisotopic (exact) mass is 315 g/mol. The van der Waals surface area contributed by atoms with Crippen LogP contribution in [-0.2, 0) is 20.9 Å². The van der Waals surface area contributed by atoms with E-state index in [9.17, 15) is 9.59 Å². The van der Waals surface area contributed by atoms with Crippen LogP contribution in [0.3, 0.4) is 0 Å². The average molecular weight is 315 g/mol. The molecule has 4 heteroatoms. The summed E-state index contributed by atoms with van der Waals surface area (Å²) in [5, 5.41) is 0. The molecule has 1 aromatic rings. The molecule has 0 aromatic heterocycles. The van der Waals surface area contributed by atoms with Crippen LogP contribution in [0.15, 0.2) is 30.3 Å². The van der Waals surface area contributed by atoms with E-state index in [1.807, 2.05) is 35.2 Å². The van der Waals surface area contributed by atoms with E-state index in [1.165, 1.54) is 26.4 Å². The van der Waals surface area contributed by atoms with Crippen LogP contribution >= 0.6 is 0 Å². The number of esters is 1. The number of hydrogen-bond donors (Lipinski definition) is 0. The number of ether oxygens (including phenoxy) is 1. The van der Waals surface area contributed by atoms with Gasteiger partial charge in [-0.3, -0.25) is 9.59 Å². The van der Waals surface area contributed by atoms with Gasteiger partial charge in [-0.2, -0.15) is 0 Å². The summed E-state index contributed by atoms with van der Waals surface area (Å²) in [6, 6.07) is 9.97. The Labute approximate surface area is 137 Å². The van der Waals surface area contributed by atoms with Gasteiger partial charge < -0.3 is 9.64 Å². The average Bonchev–Trinajstić information content (AvgIpc) is 2.92. The van der Waals surface area contributed by atoms with Crippen LogP contribution in [0.5, 0.6) is 0 Å². The SMILES string of the molecule is COC(=O)[C@@H]1CN(Cc2ccccc2)C(=O)[C@H]1C1CCCCC1. The third-order valence-corrected chi connectivity index (χ3v) is 5.33. The van der Waals surface area contributed by atoms with Gasteiger partial charge in [0, 0.05) is 13.1 Å². The molecule has 1 saturated heterocycles. The van der Waals surface area contributed by atoms with Crippen LogP contribution in [0.25, 0.3) is 0 Å². The Morgan fingerprint density at radius 1 is 1.17 bits per heavy atom. The van der Waals surface area contributed by atoms with Gasteiger partial charge in [0.2, 0.25) is 5.91 Å². The van der Waals surface area contributed by atoms with E-state index in [4.69, 9.17) is 4.74 Å². The minimum absolute atomic E-state index is 0.135. The Kier molecular flexibility index (Phi) is 4.99.